The van der Waals surface area contributed by atoms with Crippen LogP contribution in [-0.2, 0) is 4.74 Å². The first kappa shape index (κ1) is 18.7. The summed E-state index contributed by atoms with van der Waals surface area (Å²) >= 11 is 1.19. The number of carbonyl (C=O) groups is 1. The highest BCUT2D eigenvalue weighted by Gasteiger charge is 2.15. The van der Waals surface area contributed by atoms with E-state index in [1.165, 1.54) is 18.4 Å². The third-order valence-electron chi connectivity index (χ3n) is 3.09. The van der Waals surface area contributed by atoms with Crippen LogP contribution in [0.15, 0.2) is 23.3 Å². The Morgan fingerprint density at radius 3 is 2.72 bits per heavy atom. The molecule has 0 unspecified atom stereocenters. The normalized spacial score (nSPS) is 11.0. The number of hydrogen-bond donors (Lipinski definition) is 1. The quantitative estimate of drug-likeness (QED) is 0.461. The Balaban J connectivity index is 2.10. The topological polar surface area (TPSA) is 82.0 Å². The lowest BCUT2D eigenvalue weighted by atomic mass is 10.2. The van der Waals surface area contributed by atoms with Crippen molar-refractivity contribution in [3.63, 3.8) is 0 Å². The Kier molecular flexibility index (Phi) is 6.35. The molecule has 1 heterocycles. The largest absolute Gasteiger partial charge is 0.493 e. The van der Waals surface area contributed by atoms with Gasteiger partial charge in [-0.3, -0.25) is 5.43 Å². The fourth-order valence-electron chi connectivity index (χ4n) is 2.01. The van der Waals surface area contributed by atoms with Gasteiger partial charge in [0.25, 0.3) is 0 Å². The van der Waals surface area contributed by atoms with E-state index in [0.717, 1.165) is 5.56 Å². The van der Waals surface area contributed by atoms with Crippen molar-refractivity contribution >= 4 is 28.7 Å². The molecule has 0 aliphatic rings. The molecule has 0 aliphatic heterocycles. The SMILES string of the molecule is COC(=O)c1sc(N/N=C\c2ccc(OC)c(OC(C)C)c2)nc1C. The van der Waals surface area contributed by atoms with E-state index >= 15 is 0 Å². The number of benzene rings is 1. The van der Waals surface area contributed by atoms with Gasteiger partial charge in [-0.2, -0.15) is 5.10 Å². The second-order valence-corrected chi connectivity index (χ2v) is 6.37. The number of aromatic nitrogens is 1. The maximum atomic E-state index is 11.6. The van der Waals surface area contributed by atoms with Gasteiger partial charge in [0.05, 0.1) is 32.2 Å². The lowest BCUT2D eigenvalue weighted by molar-refractivity contribution is 0.0605. The Morgan fingerprint density at radius 1 is 1.32 bits per heavy atom. The molecule has 25 heavy (non-hydrogen) atoms. The molecule has 0 amide bonds. The first-order valence-electron chi connectivity index (χ1n) is 7.64. The summed E-state index contributed by atoms with van der Waals surface area (Å²) in [4.78, 5) is 16.3. The van der Waals surface area contributed by atoms with Gasteiger partial charge in [0.1, 0.15) is 4.88 Å². The van der Waals surface area contributed by atoms with Crippen molar-refractivity contribution in [3.8, 4) is 11.5 Å². The van der Waals surface area contributed by atoms with Crippen LogP contribution in [0.3, 0.4) is 0 Å². The van der Waals surface area contributed by atoms with E-state index < -0.39 is 5.97 Å². The fourth-order valence-corrected chi connectivity index (χ4v) is 2.84. The summed E-state index contributed by atoms with van der Waals surface area (Å²) in [5.41, 5.74) is 4.26. The summed E-state index contributed by atoms with van der Waals surface area (Å²) in [6.07, 6.45) is 1.68. The van der Waals surface area contributed by atoms with E-state index in [0.29, 0.717) is 27.2 Å². The number of nitrogens with one attached hydrogen (secondary N) is 1. The average Bonchev–Trinajstić information content (AvgIpc) is 2.94. The Hall–Kier alpha value is -2.61. The number of nitrogens with zero attached hydrogens (tertiary/aromatic N) is 2. The molecule has 0 saturated carbocycles. The zero-order chi connectivity index (χ0) is 18.4. The Morgan fingerprint density at radius 2 is 2.08 bits per heavy atom. The minimum absolute atomic E-state index is 0.0363. The molecule has 2 rings (SSSR count). The van der Waals surface area contributed by atoms with Crippen LogP contribution in [0.5, 0.6) is 11.5 Å². The number of ether oxygens (including phenoxy) is 3. The second kappa shape index (κ2) is 8.48. The van der Waals surface area contributed by atoms with E-state index in [4.69, 9.17) is 14.2 Å². The van der Waals surface area contributed by atoms with Gasteiger partial charge in [-0.1, -0.05) is 11.3 Å². The molecule has 134 valence electrons. The zero-order valence-electron chi connectivity index (χ0n) is 14.8. The van der Waals surface area contributed by atoms with Crippen molar-refractivity contribution in [2.45, 2.75) is 26.9 Å². The smallest absolute Gasteiger partial charge is 0.350 e. The molecule has 1 aromatic heterocycles. The molecule has 0 atom stereocenters. The zero-order valence-corrected chi connectivity index (χ0v) is 15.6. The molecule has 0 aliphatic carbocycles. The van der Waals surface area contributed by atoms with E-state index in [1.807, 2.05) is 32.0 Å². The molecular formula is C17H21N3O4S. The molecule has 1 N–H and O–H groups in total. The standard InChI is InChI=1S/C17H21N3O4S/c1-10(2)24-14-8-12(6-7-13(14)22-4)9-18-20-17-19-11(3)15(25-17)16(21)23-5/h6-10H,1-5H3,(H,19,20)/b18-9-. The summed E-state index contributed by atoms with van der Waals surface area (Å²) in [5, 5.41) is 4.67. The number of carbonyl (C=O) groups excluding carboxylic acids is 1. The van der Waals surface area contributed by atoms with Gasteiger partial charge in [-0.25, -0.2) is 9.78 Å². The predicted molar refractivity (Wildman–Crippen MR) is 98.2 cm³/mol. The monoisotopic (exact) mass is 363 g/mol. The van der Waals surface area contributed by atoms with Crippen LogP contribution in [0.25, 0.3) is 0 Å². The number of rotatable bonds is 7. The van der Waals surface area contributed by atoms with Gasteiger partial charge in [0, 0.05) is 0 Å². The maximum absolute atomic E-state index is 11.6. The molecule has 0 radical (unpaired) electrons. The summed E-state index contributed by atoms with van der Waals surface area (Å²) < 4.78 is 15.7. The molecule has 0 spiro atoms. The molecule has 8 heteroatoms. The van der Waals surface area contributed by atoms with Gasteiger partial charge in [0.2, 0.25) is 5.13 Å². The lowest BCUT2D eigenvalue weighted by Crippen LogP contribution is -2.07. The van der Waals surface area contributed by atoms with Crippen LogP contribution >= 0.6 is 11.3 Å². The summed E-state index contributed by atoms with van der Waals surface area (Å²) in [6, 6.07) is 5.53. The van der Waals surface area contributed by atoms with Crippen molar-refractivity contribution in [3.05, 3.63) is 34.3 Å². The maximum Gasteiger partial charge on any atom is 0.350 e. The van der Waals surface area contributed by atoms with Crippen LogP contribution in [0.1, 0.15) is 34.8 Å². The summed E-state index contributed by atoms with van der Waals surface area (Å²) in [7, 11) is 2.94. The van der Waals surface area contributed by atoms with Gasteiger partial charge < -0.3 is 14.2 Å². The molecule has 0 saturated heterocycles. The van der Waals surface area contributed by atoms with Crippen LogP contribution in [0.4, 0.5) is 5.13 Å². The number of esters is 1. The highest BCUT2D eigenvalue weighted by atomic mass is 32.1. The molecule has 0 bridgehead atoms. The number of methoxy groups -OCH3 is 2. The van der Waals surface area contributed by atoms with Crippen LogP contribution in [0.2, 0.25) is 0 Å². The predicted octanol–water partition coefficient (Wildman–Crippen LogP) is 3.48. The summed E-state index contributed by atoms with van der Waals surface area (Å²) in [6.45, 7) is 5.65. The Bertz CT molecular complexity index is 771. The number of hydrogen-bond acceptors (Lipinski definition) is 8. The average molecular weight is 363 g/mol. The second-order valence-electron chi connectivity index (χ2n) is 5.37. The van der Waals surface area contributed by atoms with E-state index in [2.05, 4.69) is 15.5 Å². The van der Waals surface area contributed by atoms with Gasteiger partial charge >= 0.3 is 5.97 Å². The van der Waals surface area contributed by atoms with Crippen molar-refractivity contribution < 1.29 is 19.0 Å². The Labute approximate surface area is 150 Å². The van der Waals surface area contributed by atoms with Crippen LogP contribution in [-0.4, -0.2) is 37.5 Å². The minimum Gasteiger partial charge on any atom is -0.493 e. The van der Waals surface area contributed by atoms with E-state index in [1.54, 1.807) is 20.2 Å². The van der Waals surface area contributed by atoms with Crippen molar-refractivity contribution in [2.75, 3.05) is 19.6 Å². The van der Waals surface area contributed by atoms with E-state index in [9.17, 15) is 4.79 Å². The number of aryl methyl sites for hydroxylation is 1. The summed E-state index contributed by atoms with van der Waals surface area (Å²) in [5.74, 6) is 0.911. The van der Waals surface area contributed by atoms with Crippen LogP contribution < -0.4 is 14.9 Å². The minimum atomic E-state index is -0.405. The number of anilines is 1. The van der Waals surface area contributed by atoms with E-state index in [-0.39, 0.29) is 6.10 Å². The first-order valence-corrected chi connectivity index (χ1v) is 8.45. The van der Waals surface area contributed by atoms with Gasteiger partial charge in [-0.15, -0.1) is 0 Å². The number of thiazole rings is 1. The highest BCUT2D eigenvalue weighted by molar-refractivity contribution is 7.17. The molecule has 1 aromatic carbocycles. The molecule has 0 fully saturated rings. The fraction of sp³-hybridized carbons (Fsp3) is 0.353. The van der Waals surface area contributed by atoms with Crippen molar-refractivity contribution in [2.24, 2.45) is 5.10 Å². The molecule has 7 nitrogen and oxygen atoms in total. The third kappa shape index (κ3) is 4.93. The molecule has 2 aromatic rings. The highest BCUT2D eigenvalue weighted by Crippen LogP contribution is 2.28. The van der Waals surface area contributed by atoms with Gasteiger partial charge in [-0.05, 0) is 44.5 Å². The van der Waals surface area contributed by atoms with Crippen LogP contribution in [0, 0.1) is 6.92 Å². The van der Waals surface area contributed by atoms with Crippen molar-refractivity contribution in [1.82, 2.24) is 4.98 Å². The number of hydrazone groups is 1. The lowest BCUT2D eigenvalue weighted by Gasteiger charge is -2.13. The molecular weight excluding hydrogens is 342 g/mol. The van der Waals surface area contributed by atoms with Gasteiger partial charge in [0.15, 0.2) is 11.5 Å². The first-order chi connectivity index (χ1) is 11.9. The third-order valence-corrected chi connectivity index (χ3v) is 4.13. The van der Waals surface area contributed by atoms with Crippen molar-refractivity contribution in [1.29, 1.82) is 0 Å².